The predicted octanol–water partition coefficient (Wildman–Crippen LogP) is 2.27. The van der Waals surface area contributed by atoms with Crippen molar-refractivity contribution in [2.75, 3.05) is 26.2 Å². The van der Waals surface area contributed by atoms with Crippen LogP contribution in [0.5, 0.6) is 0 Å². The summed E-state index contributed by atoms with van der Waals surface area (Å²) in [5, 5.41) is 10.5. The van der Waals surface area contributed by atoms with E-state index in [1.807, 2.05) is 35.2 Å². The summed E-state index contributed by atoms with van der Waals surface area (Å²) in [6.07, 6.45) is 0.975. The summed E-state index contributed by atoms with van der Waals surface area (Å²) in [7, 11) is 0. The van der Waals surface area contributed by atoms with Crippen molar-refractivity contribution in [2.45, 2.75) is 6.42 Å². The van der Waals surface area contributed by atoms with Crippen LogP contribution in [0.1, 0.15) is 16.9 Å². The Kier molecular flexibility index (Phi) is 4.36. The van der Waals surface area contributed by atoms with E-state index < -0.39 is 0 Å². The molecule has 0 spiro atoms. The van der Waals surface area contributed by atoms with Gasteiger partial charge in [-0.3, -0.25) is 9.89 Å². The minimum absolute atomic E-state index is 0.000237. The number of halogens is 1. The normalized spacial score (nSPS) is 15.8. The molecule has 1 aromatic carbocycles. The molecular weight excluding hydrogens is 332 g/mol. The summed E-state index contributed by atoms with van der Waals surface area (Å²) in [5.74, 6) is 0.000237. The lowest BCUT2D eigenvalue weighted by atomic mass is 10.1. The fourth-order valence-corrected chi connectivity index (χ4v) is 3.04. The van der Waals surface area contributed by atoms with Crippen molar-refractivity contribution in [3.05, 3.63) is 40.5 Å². The van der Waals surface area contributed by atoms with Crippen LogP contribution < -0.4 is 5.32 Å². The topological polar surface area (TPSA) is 61.0 Å². The fraction of sp³-hybridized carbons (Fsp3) is 0.333. The molecule has 2 heterocycles. The van der Waals surface area contributed by atoms with Gasteiger partial charge in [0.15, 0.2) is 0 Å². The monoisotopic (exact) mass is 348 g/mol. The van der Waals surface area contributed by atoms with Crippen molar-refractivity contribution in [1.29, 1.82) is 0 Å². The van der Waals surface area contributed by atoms with Crippen molar-refractivity contribution in [3.63, 3.8) is 0 Å². The Morgan fingerprint density at radius 3 is 2.81 bits per heavy atom. The van der Waals surface area contributed by atoms with E-state index in [1.54, 1.807) is 0 Å². The number of H-pyrrole nitrogens is 1. The number of carbonyl (C=O) groups excluding carboxylic acids is 1. The van der Waals surface area contributed by atoms with Crippen LogP contribution in [-0.2, 0) is 0 Å². The maximum absolute atomic E-state index is 12.6. The maximum Gasteiger partial charge on any atom is 0.273 e. The first kappa shape index (κ1) is 14.3. The molecule has 1 aromatic heterocycles. The van der Waals surface area contributed by atoms with Gasteiger partial charge in [-0.1, -0.05) is 30.3 Å². The third-order valence-corrected chi connectivity index (χ3v) is 4.37. The summed E-state index contributed by atoms with van der Waals surface area (Å²) in [5.41, 5.74) is 2.28. The van der Waals surface area contributed by atoms with Gasteiger partial charge in [-0.25, -0.2) is 0 Å². The minimum atomic E-state index is 0.000237. The highest BCUT2D eigenvalue weighted by atomic mass is 79.9. The van der Waals surface area contributed by atoms with Gasteiger partial charge in [0.25, 0.3) is 5.91 Å². The fourth-order valence-electron chi connectivity index (χ4n) is 2.46. The van der Waals surface area contributed by atoms with Crippen LogP contribution in [0.2, 0.25) is 0 Å². The maximum atomic E-state index is 12.6. The first-order valence-electron chi connectivity index (χ1n) is 7.06. The molecule has 0 atom stereocenters. The van der Waals surface area contributed by atoms with Gasteiger partial charge in [0.1, 0.15) is 11.4 Å². The highest BCUT2D eigenvalue weighted by Crippen LogP contribution is 2.29. The van der Waals surface area contributed by atoms with Crippen LogP contribution in [0, 0.1) is 0 Å². The Bertz CT molecular complexity index is 618. The van der Waals surface area contributed by atoms with Gasteiger partial charge >= 0.3 is 0 Å². The third-order valence-electron chi connectivity index (χ3n) is 3.60. The third kappa shape index (κ3) is 3.01. The summed E-state index contributed by atoms with van der Waals surface area (Å²) in [6.45, 7) is 3.30. The standard InChI is InChI=1S/C15H17BrN4O/c16-12-13(11-5-2-1-3-6-11)18-19-14(12)15(21)20-9-4-7-17-8-10-20/h1-3,5-6,17H,4,7-10H2,(H,18,19). The van der Waals surface area contributed by atoms with Gasteiger partial charge in [0.2, 0.25) is 0 Å². The van der Waals surface area contributed by atoms with Gasteiger partial charge in [-0.2, -0.15) is 5.10 Å². The van der Waals surface area contributed by atoms with Gasteiger partial charge in [0, 0.05) is 25.2 Å². The molecule has 0 radical (unpaired) electrons. The minimum Gasteiger partial charge on any atom is -0.336 e. The van der Waals surface area contributed by atoms with Crippen LogP contribution in [0.15, 0.2) is 34.8 Å². The van der Waals surface area contributed by atoms with Gasteiger partial charge in [-0.05, 0) is 28.9 Å². The lowest BCUT2D eigenvalue weighted by Gasteiger charge is -2.19. The molecule has 6 heteroatoms. The van der Waals surface area contributed by atoms with Crippen LogP contribution in [0.25, 0.3) is 11.3 Å². The van der Waals surface area contributed by atoms with Crippen LogP contribution in [0.4, 0.5) is 0 Å². The summed E-state index contributed by atoms with van der Waals surface area (Å²) in [6, 6.07) is 9.83. The Morgan fingerprint density at radius 2 is 2.00 bits per heavy atom. The van der Waals surface area contributed by atoms with Gasteiger partial charge in [-0.15, -0.1) is 0 Å². The van der Waals surface area contributed by atoms with Crippen molar-refractivity contribution < 1.29 is 4.79 Å². The lowest BCUT2D eigenvalue weighted by Crippen LogP contribution is -2.34. The number of benzene rings is 1. The number of hydrogen-bond acceptors (Lipinski definition) is 3. The first-order chi connectivity index (χ1) is 10.3. The molecule has 3 rings (SSSR count). The van der Waals surface area contributed by atoms with E-state index >= 15 is 0 Å². The molecule has 0 saturated carbocycles. The zero-order valence-corrected chi connectivity index (χ0v) is 13.2. The van der Waals surface area contributed by atoms with Crippen LogP contribution in [-0.4, -0.2) is 47.2 Å². The molecule has 21 heavy (non-hydrogen) atoms. The molecule has 1 saturated heterocycles. The van der Waals surface area contributed by atoms with E-state index in [0.717, 1.165) is 48.3 Å². The molecule has 5 nitrogen and oxygen atoms in total. The highest BCUT2D eigenvalue weighted by Gasteiger charge is 2.23. The number of hydrogen-bond donors (Lipinski definition) is 2. The van der Waals surface area contributed by atoms with Crippen LogP contribution >= 0.6 is 15.9 Å². The van der Waals surface area contributed by atoms with E-state index in [1.165, 1.54) is 0 Å². The number of aromatic nitrogens is 2. The second kappa shape index (κ2) is 6.41. The smallest absolute Gasteiger partial charge is 0.273 e. The first-order valence-corrected chi connectivity index (χ1v) is 7.86. The molecule has 1 amide bonds. The quantitative estimate of drug-likeness (QED) is 0.875. The molecule has 1 aliphatic heterocycles. The summed E-state index contributed by atoms with van der Waals surface area (Å²) in [4.78, 5) is 14.5. The van der Waals surface area contributed by atoms with E-state index in [2.05, 4.69) is 31.4 Å². The zero-order chi connectivity index (χ0) is 14.7. The van der Waals surface area contributed by atoms with Gasteiger partial charge in [0.05, 0.1) is 4.47 Å². The highest BCUT2D eigenvalue weighted by molar-refractivity contribution is 9.10. The number of carbonyl (C=O) groups is 1. The van der Waals surface area contributed by atoms with Gasteiger partial charge < -0.3 is 10.2 Å². The molecule has 2 aromatic rings. The van der Waals surface area contributed by atoms with E-state index in [0.29, 0.717) is 5.69 Å². The van der Waals surface area contributed by atoms with Crippen molar-refractivity contribution in [2.24, 2.45) is 0 Å². The SMILES string of the molecule is O=C(c1[nH]nc(-c2ccccc2)c1Br)N1CCCNCC1. The molecule has 0 aliphatic carbocycles. The summed E-state index contributed by atoms with van der Waals surface area (Å²) < 4.78 is 0.732. The van der Waals surface area contributed by atoms with E-state index in [-0.39, 0.29) is 5.91 Å². The molecule has 0 bridgehead atoms. The Balaban J connectivity index is 1.86. The number of amides is 1. The number of nitrogens with one attached hydrogen (secondary N) is 2. The van der Waals surface area contributed by atoms with Crippen molar-refractivity contribution in [3.8, 4) is 11.3 Å². The second-order valence-electron chi connectivity index (χ2n) is 5.02. The summed E-state index contributed by atoms with van der Waals surface area (Å²) >= 11 is 3.52. The Labute approximate surface area is 131 Å². The molecule has 110 valence electrons. The van der Waals surface area contributed by atoms with Crippen LogP contribution in [0.3, 0.4) is 0 Å². The van der Waals surface area contributed by atoms with E-state index in [4.69, 9.17) is 0 Å². The van der Waals surface area contributed by atoms with E-state index in [9.17, 15) is 4.79 Å². The van der Waals surface area contributed by atoms with Crippen molar-refractivity contribution >= 4 is 21.8 Å². The molecular formula is C15H17BrN4O. The van der Waals surface area contributed by atoms with Crippen molar-refractivity contribution in [1.82, 2.24) is 20.4 Å². The average molecular weight is 349 g/mol. The number of nitrogens with zero attached hydrogens (tertiary/aromatic N) is 2. The molecule has 1 fully saturated rings. The second-order valence-corrected chi connectivity index (χ2v) is 5.82. The predicted molar refractivity (Wildman–Crippen MR) is 85.1 cm³/mol. The number of rotatable bonds is 2. The molecule has 1 aliphatic rings. The lowest BCUT2D eigenvalue weighted by molar-refractivity contribution is 0.0759. The zero-order valence-electron chi connectivity index (χ0n) is 11.6. The molecule has 2 N–H and O–H groups in total. The average Bonchev–Trinajstić information content (AvgIpc) is 2.74. The Morgan fingerprint density at radius 1 is 1.19 bits per heavy atom. The Hall–Kier alpha value is -1.66. The largest absolute Gasteiger partial charge is 0.336 e. The number of aromatic amines is 1. The molecule has 0 unspecified atom stereocenters.